The third-order valence-corrected chi connectivity index (χ3v) is 3.30. The summed E-state index contributed by atoms with van der Waals surface area (Å²) >= 11 is 1.55. The predicted octanol–water partition coefficient (Wildman–Crippen LogP) is 2.20. The van der Waals surface area contributed by atoms with Gasteiger partial charge in [-0.15, -0.1) is 21.5 Å². The number of rotatable bonds is 2. The zero-order chi connectivity index (χ0) is 11.7. The number of carbonyl (C=O) groups excluding carboxylic acids is 1. The van der Waals surface area contributed by atoms with Gasteiger partial charge >= 0.3 is 11.9 Å². The summed E-state index contributed by atoms with van der Waals surface area (Å²) in [4.78, 5) is 13.2. The van der Waals surface area contributed by atoms with Crippen LogP contribution in [-0.2, 0) is 4.74 Å². The topological polar surface area (TPSA) is 65.2 Å². The van der Waals surface area contributed by atoms with Crippen LogP contribution in [0.2, 0.25) is 0 Å². The van der Waals surface area contributed by atoms with E-state index in [1.807, 2.05) is 19.9 Å². The maximum atomic E-state index is 11.1. The highest BCUT2D eigenvalue weighted by atomic mass is 32.1. The number of thiophene rings is 1. The first-order valence-electron chi connectivity index (χ1n) is 4.61. The third-order valence-electron chi connectivity index (χ3n) is 2.16. The minimum atomic E-state index is -0.622. The molecule has 2 aromatic rings. The summed E-state index contributed by atoms with van der Waals surface area (Å²) in [6, 6.07) is 1.95. The number of aromatic nitrogens is 2. The van der Waals surface area contributed by atoms with Gasteiger partial charge in [0.25, 0.3) is 5.89 Å². The van der Waals surface area contributed by atoms with E-state index in [0.29, 0.717) is 5.89 Å². The Kier molecular flexibility index (Phi) is 2.74. The van der Waals surface area contributed by atoms with Gasteiger partial charge in [0, 0.05) is 4.88 Å². The molecule has 0 unspecified atom stereocenters. The van der Waals surface area contributed by atoms with E-state index < -0.39 is 5.97 Å². The van der Waals surface area contributed by atoms with Crippen LogP contribution in [0, 0.1) is 13.8 Å². The second-order valence-electron chi connectivity index (χ2n) is 3.25. The largest absolute Gasteiger partial charge is 0.462 e. The molecule has 0 aliphatic rings. The molecule has 0 aliphatic carbocycles. The Labute approximate surface area is 96.1 Å². The molecule has 2 rings (SSSR count). The molecule has 2 aromatic heterocycles. The van der Waals surface area contributed by atoms with Crippen LogP contribution in [0.3, 0.4) is 0 Å². The molecule has 0 bridgehead atoms. The van der Waals surface area contributed by atoms with Gasteiger partial charge in [-0.2, -0.15) is 0 Å². The fourth-order valence-electron chi connectivity index (χ4n) is 1.17. The molecule has 6 heteroatoms. The highest BCUT2D eigenvalue weighted by molar-refractivity contribution is 7.15. The molecular formula is C10H10N2O3S. The van der Waals surface area contributed by atoms with E-state index in [-0.39, 0.29) is 5.89 Å². The monoisotopic (exact) mass is 238 g/mol. The Morgan fingerprint density at radius 2 is 2.19 bits per heavy atom. The van der Waals surface area contributed by atoms with Crippen LogP contribution in [0.5, 0.6) is 0 Å². The minimum absolute atomic E-state index is 0.124. The van der Waals surface area contributed by atoms with Gasteiger partial charge in [-0.3, -0.25) is 0 Å². The molecule has 0 spiro atoms. The van der Waals surface area contributed by atoms with Gasteiger partial charge in [0.15, 0.2) is 0 Å². The van der Waals surface area contributed by atoms with Crippen molar-refractivity contribution in [2.45, 2.75) is 13.8 Å². The van der Waals surface area contributed by atoms with Gasteiger partial charge in [0.05, 0.1) is 12.0 Å². The number of methoxy groups -OCH3 is 1. The molecule has 0 N–H and O–H groups in total. The van der Waals surface area contributed by atoms with E-state index in [1.54, 1.807) is 11.3 Å². The van der Waals surface area contributed by atoms with Crippen molar-refractivity contribution in [2.75, 3.05) is 7.11 Å². The molecule has 0 saturated heterocycles. The first-order chi connectivity index (χ1) is 7.61. The fraction of sp³-hybridized carbons (Fsp3) is 0.300. The molecule has 16 heavy (non-hydrogen) atoms. The zero-order valence-corrected chi connectivity index (χ0v) is 9.92. The highest BCUT2D eigenvalue weighted by Crippen LogP contribution is 2.29. The summed E-state index contributed by atoms with van der Waals surface area (Å²) in [6.07, 6.45) is 0. The van der Waals surface area contributed by atoms with Gasteiger partial charge in [-0.1, -0.05) is 0 Å². The van der Waals surface area contributed by atoms with E-state index in [1.165, 1.54) is 12.0 Å². The van der Waals surface area contributed by atoms with Crippen molar-refractivity contribution < 1.29 is 13.9 Å². The summed E-state index contributed by atoms with van der Waals surface area (Å²) in [5.41, 5.74) is 1.16. The second kappa shape index (κ2) is 4.05. The Morgan fingerprint density at radius 3 is 2.75 bits per heavy atom. The number of hydrogen-bond donors (Lipinski definition) is 0. The zero-order valence-electron chi connectivity index (χ0n) is 9.10. The quantitative estimate of drug-likeness (QED) is 0.750. The normalized spacial score (nSPS) is 10.4. The van der Waals surface area contributed by atoms with E-state index in [4.69, 9.17) is 4.42 Å². The van der Waals surface area contributed by atoms with Crippen LogP contribution < -0.4 is 0 Å². The Bertz CT molecular complexity index is 510. The Balaban J connectivity index is 2.35. The first kappa shape index (κ1) is 10.8. The van der Waals surface area contributed by atoms with E-state index in [0.717, 1.165) is 10.4 Å². The summed E-state index contributed by atoms with van der Waals surface area (Å²) < 4.78 is 9.69. The molecule has 0 amide bonds. The summed E-state index contributed by atoms with van der Waals surface area (Å²) in [5, 5.41) is 7.42. The maximum Gasteiger partial charge on any atom is 0.396 e. The van der Waals surface area contributed by atoms with E-state index in [9.17, 15) is 4.79 Å². The average Bonchev–Trinajstić information content (AvgIpc) is 2.86. The maximum absolute atomic E-state index is 11.1. The van der Waals surface area contributed by atoms with Crippen molar-refractivity contribution >= 4 is 17.3 Å². The predicted molar refractivity (Wildman–Crippen MR) is 58.4 cm³/mol. The standard InChI is InChI=1S/C10H10N2O3S/c1-5-4-7(16-6(5)2)8-11-12-9(15-8)10(13)14-3/h4H,1-3H3. The number of nitrogens with zero attached hydrogens (tertiary/aromatic N) is 2. The number of ether oxygens (including phenoxy) is 1. The van der Waals surface area contributed by atoms with Gasteiger partial charge in [-0.25, -0.2) is 4.79 Å². The van der Waals surface area contributed by atoms with Crippen LogP contribution >= 0.6 is 11.3 Å². The smallest absolute Gasteiger partial charge is 0.396 e. The molecule has 0 fully saturated rings. The van der Waals surface area contributed by atoms with Crippen molar-refractivity contribution in [1.82, 2.24) is 10.2 Å². The Hall–Kier alpha value is -1.69. The Morgan fingerprint density at radius 1 is 1.44 bits per heavy atom. The van der Waals surface area contributed by atoms with Crippen molar-refractivity contribution in [3.05, 3.63) is 22.4 Å². The van der Waals surface area contributed by atoms with Crippen molar-refractivity contribution in [3.63, 3.8) is 0 Å². The lowest BCUT2D eigenvalue weighted by atomic mass is 10.3. The van der Waals surface area contributed by atoms with Gasteiger partial charge < -0.3 is 9.15 Å². The molecule has 84 valence electrons. The average molecular weight is 238 g/mol. The highest BCUT2D eigenvalue weighted by Gasteiger charge is 2.17. The molecule has 0 radical (unpaired) electrons. The minimum Gasteiger partial charge on any atom is -0.462 e. The van der Waals surface area contributed by atoms with Crippen molar-refractivity contribution in [1.29, 1.82) is 0 Å². The van der Waals surface area contributed by atoms with E-state index in [2.05, 4.69) is 14.9 Å². The van der Waals surface area contributed by atoms with Crippen molar-refractivity contribution in [3.8, 4) is 10.8 Å². The van der Waals surface area contributed by atoms with Crippen molar-refractivity contribution in [2.24, 2.45) is 0 Å². The number of hydrogen-bond acceptors (Lipinski definition) is 6. The SMILES string of the molecule is COC(=O)c1nnc(-c2cc(C)c(C)s2)o1. The summed E-state index contributed by atoms with van der Waals surface area (Å²) in [6.45, 7) is 4.02. The van der Waals surface area contributed by atoms with Gasteiger partial charge in [-0.05, 0) is 25.5 Å². The van der Waals surface area contributed by atoms with Crippen LogP contribution in [-0.4, -0.2) is 23.3 Å². The van der Waals surface area contributed by atoms with Crippen LogP contribution in [0.1, 0.15) is 21.1 Å². The van der Waals surface area contributed by atoms with Crippen LogP contribution in [0.15, 0.2) is 10.5 Å². The summed E-state index contributed by atoms with van der Waals surface area (Å²) in [7, 11) is 1.27. The number of aryl methyl sites for hydroxylation is 2. The molecule has 0 aliphatic heterocycles. The molecule has 2 heterocycles. The lowest BCUT2D eigenvalue weighted by molar-refractivity contribution is 0.0557. The van der Waals surface area contributed by atoms with E-state index >= 15 is 0 Å². The van der Waals surface area contributed by atoms with Gasteiger partial charge in [0.2, 0.25) is 0 Å². The first-order valence-corrected chi connectivity index (χ1v) is 5.42. The number of carbonyl (C=O) groups is 1. The molecule has 0 saturated carbocycles. The fourth-order valence-corrected chi connectivity index (χ4v) is 2.13. The molecule has 0 atom stereocenters. The van der Waals surface area contributed by atoms with Gasteiger partial charge in [0.1, 0.15) is 0 Å². The molecule has 0 aromatic carbocycles. The number of esters is 1. The molecule has 5 nitrogen and oxygen atoms in total. The lowest BCUT2D eigenvalue weighted by Gasteiger charge is -1.89. The summed E-state index contributed by atoms with van der Waals surface area (Å²) in [5.74, 6) is -0.397. The van der Waals surface area contributed by atoms with Crippen LogP contribution in [0.4, 0.5) is 0 Å². The molecular weight excluding hydrogens is 228 g/mol. The lowest BCUT2D eigenvalue weighted by Crippen LogP contribution is -2.00. The second-order valence-corrected chi connectivity index (χ2v) is 4.51. The van der Waals surface area contributed by atoms with Crippen LogP contribution in [0.25, 0.3) is 10.8 Å². The third kappa shape index (κ3) is 1.83.